The van der Waals surface area contributed by atoms with E-state index in [1.54, 1.807) is 7.11 Å². The number of nitrogens with zero attached hydrogens (tertiary/aromatic N) is 2. The van der Waals surface area contributed by atoms with Crippen molar-refractivity contribution >= 4 is 22.4 Å². The maximum absolute atomic E-state index is 12.7. The van der Waals surface area contributed by atoms with Crippen LogP contribution in [0.3, 0.4) is 0 Å². The van der Waals surface area contributed by atoms with Crippen LogP contribution in [0.15, 0.2) is 40.2 Å². The van der Waals surface area contributed by atoms with Crippen LogP contribution in [0.1, 0.15) is 24.2 Å². The van der Waals surface area contributed by atoms with Gasteiger partial charge in [-0.15, -0.1) is 11.3 Å². The van der Waals surface area contributed by atoms with Crippen molar-refractivity contribution < 1.29 is 14.1 Å². The number of benzene rings is 1. The molecule has 1 N–H and O–H groups in total. The maximum atomic E-state index is 12.7. The first-order chi connectivity index (χ1) is 12.1. The third kappa shape index (κ3) is 2.91. The van der Waals surface area contributed by atoms with Gasteiger partial charge in [0, 0.05) is 17.0 Å². The molecule has 1 aliphatic rings. The standard InChI is InChI=1S/C18H17N3O3S/c1-11-10-25-17(19-11)20-16(22)18(6-7-18)15-9-14(24-21-15)12-4-3-5-13(8-12)23-2/h3-5,8-10H,6-7H2,1-2H3,(H,19,20,22). The van der Waals surface area contributed by atoms with Gasteiger partial charge in [-0.3, -0.25) is 4.79 Å². The van der Waals surface area contributed by atoms with Crippen molar-refractivity contribution in [1.29, 1.82) is 0 Å². The van der Waals surface area contributed by atoms with E-state index in [-0.39, 0.29) is 5.91 Å². The Kier molecular flexibility index (Phi) is 3.80. The lowest BCUT2D eigenvalue weighted by atomic mass is 10.0. The van der Waals surface area contributed by atoms with E-state index in [1.807, 2.05) is 42.6 Å². The lowest BCUT2D eigenvalue weighted by molar-refractivity contribution is -0.118. The number of amides is 1. The van der Waals surface area contributed by atoms with Gasteiger partial charge in [0.2, 0.25) is 5.91 Å². The third-order valence-corrected chi connectivity index (χ3v) is 5.25. The number of aryl methyl sites for hydroxylation is 1. The summed E-state index contributed by atoms with van der Waals surface area (Å²) in [7, 11) is 1.62. The highest BCUT2D eigenvalue weighted by Gasteiger charge is 2.54. The molecule has 6 nitrogen and oxygen atoms in total. The number of anilines is 1. The van der Waals surface area contributed by atoms with Crippen molar-refractivity contribution in [3.8, 4) is 17.1 Å². The molecule has 0 saturated heterocycles. The quantitative estimate of drug-likeness (QED) is 0.753. The molecule has 0 atom stereocenters. The molecule has 1 aliphatic carbocycles. The molecule has 0 bridgehead atoms. The first kappa shape index (κ1) is 15.8. The van der Waals surface area contributed by atoms with Crippen molar-refractivity contribution in [3.05, 3.63) is 47.1 Å². The largest absolute Gasteiger partial charge is 0.497 e. The van der Waals surface area contributed by atoms with Gasteiger partial charge in [0.05, 0.1) is 23.9 Å². The van der Waals surface area contributed by atoms with Gasteiger partial charge < -0.3 is 14.6 Å². The highest BCUT2D eigenvalue weighted by molar-refractivity contribution is 7.13. The second-order valence-electron chi connectivity index (χ2n) is 6.14. The van der Waals surface area contributed by atoms with E-state index in [0.717, 1.165) is 29.8 Å². The zero-order valence-electron chi connectivity index (χ0n) is 13.9. The summed E-state index contributed by atoms with van der Waals surface area (Å²) in [4.78, 5) is 17.0. The van der Waals surface area contributed by atoms with Gasteiger partial charge >= 0.3 is 0 Å². The number of hydrogen-bond donors (Lipinski definition) is 1. The van der Waals surface area contributed by atoms with Crippen molar-refractivity contribution in [2.75, 3.05) is 12.4 Å². The molecule has 0 spiro atoms. The number of carbonyl (C=O) groups is 1. The van der Waals surface area contributed by atoms with E-state index in [1.165, 1.54) is 11.3 Å². The van der Waals surface area contributed by atoms with Gasteiger partial charge in [-0.25, -0.2) is 4.98 Å². The summed E-state index contributed by atoms with van der Waals surface area (Å²) < 4.78 is 10.7. The number of aromatic nitrogens is 2. The van der Waals surface area contributed by atoms with Gasteiger partial charge in [-0.05, 0) is 31.9 Å². The van der Waals surface area contributed by atoms with Crippen molar-refractivity contribution in [1.82, 2.24) is 10.1 Å². The first-order valence-corrected chi connectivity index (χ1v) is 8.84. The number of methoxy groups -OCH3 is 1. The topological polar surface area (TPSA) is 77.2 Å². The predicted octanol–water partition coefficient (Wildman–Crippen LogP) is 3.79. The Hall–Kier alpha value is -2.67. The van der Waals surface area contributed by atoms with E-state index in [9.17, 15) is 4.79 Å². The summed E-state index contributed by atoms with van der Waals surface area (Å²) in [6.07, 6.45) is 1.51. The van der Waals surface area contributed by atoms with Crippen LogP contribution < -0.4 is 10.1 Å². The fourth-order valence-corrected chi connectivity index (χ4v) is 3.45. The highest BCUT2D eigenvalue weighted by atomic mass is 32.1. The van der Waals surface area contributed by atoms with Gasteiger partial charge in [-0.2, -0.15) is 0 Å². The fourth-order valence-electron chi connectivity index (χ4n) is 2.77. The van der Waals surface area contributed by atoms with E-state index in [4.69, 9.17) is 9.26 Å². The van der Waals surface area contributed by atoms with Crippen LogP contribution in [0.25, 0.3) is 11.3 Å². The van der Waals surface area contributed by atoms with E-state index < -0.39 is 5.41 Å². The third-order valence-electron chi connectivity index (χ3n) is 4.38. The second kappa shape index (κ2) is 6.00. The number of ether oxygens (including phenoxy) is 1. The molecule has 2 heterocycles. The molecule has 3 aromatic rings. The molecule has 1 aromatic carbocycles. The molecular formula is C18H17N3O3S. The summed E-state index contributed by atoms with van der Waals surface area (Å²) in [5, 5.41) is 9.58. The smallest absolute Gasteiger partial charge is 0.238 e. The van der Waals surface area contributed by atoms with Crippen molar-refractivity contribution in [2.45, 2.75) is 25.2 Å². The molecule has 0 unspecified atom stereocenters. The average Bonchev–Trinajstić information content (AvgIpc) is 3.10. The minimum Gasteiger partial charge on any atom is -0.497 e. The molecule has 128 valence electrons. The fraction of sp³-hybridized carbons (Fsp3) is 0.278. The van der Waals surface area contributed by atoms with Crippen molar-refractivity contribution in [3.63, 3.8) is 0 Å². The second-order valence-corrected chi connectivity index (χ2v) is 7.00. The summed E-state index contributed by atoms with van der Waals surface area (Å²) in [5.41, 5.74) is 1.81. The van der Waals surface area contributed by atoms with Gasteiger partial charge in [0.1, 0.15) is 5.75 Å². The first-order valence-electron chi connectivity index (χ1n) is 7.96. The Morgan fingerprint density at radius 2 is 2.20 bits per heavy atom. The van der Waals surface area contributed by atoms with Crippen LogP contribution in [0, 0.1) is 6.92 Å². The van der Waals surface area contributed by atoms with Gasteiger partial charge in [-0.1, -0.05) is 17.3 Å². The summed E-state index contributed by atoms with van der Waals surface area (Å²) in [5.74, 6) is 1.29. The van der Waals surface area contributed by atoms with Crippen LogP contribution in [0.5, 0.6) is 5.75 Å². The Morgan fingerprint density at radius 1 is 1.36 bits per heavy atom. The lowest BCUT2D eigenvalue weighted by Gasteiger charge is -2.10. The minimum atomic E-state index is -0.611. The SMILES string of the molecule is COc1cccc(-c2cc(C3(C(=O)Nc4nc(C)cs4)CC3)no2)c1. The molecule has 0 radical (unpaired) electrons. The molecule has 1 amide bonds. The normalized spacial score (nSPS) is 15.0. The molecule has 4 rings (SSSR count). The maximum Gasteiger partial charge on any atom is 0.238 e. The molecular weight excluding hydrogens is 338 g/mol. The highest BCUT2D eigenvalue weighted by Crippen LogP contribution is 2.49. The summed E-state index contributed by atoms with van der Waals surface area (Å²) in [6, 6.07) is 9.40. The Balaban J connectivity index is 1.57. The molecule has 25 heavy (non-hydrogen) atoms. The van der Waals surface area contributed by atoms with Crippen LogP contribution in [0.2, 0.25) is 0 Å². The zero-order chi connectivity index (χ0) is 17.4. The lowest BCUT2D eigenvalue weighted by Crippen LogP contribution is -2.28. The molecule has 7 heteroatoms. The molecule has 0 aliphatic heterocycles. The number of carbonyl (C=O) groups excluding carboxylic acids is 1. The number of hydrogen-bond acceptors (Lipinski definition) is 6. The van der Waals surface area contributed by atoms with Gasteiger partial charge in [0.25, 0.3) is 0 Å². The molecule has 1 fully saturated rings. The Labute approximate surface area is 148 Å². The van der Waals surface area contributed by atoms with Crippen molar-refractivity contribution in [2.24, 2.45) is 0 Å². The average molecular weight is 355 g/mol. The molecule has 1 saturated carbocycles. The van der Waals surface area contributed by atoms with E-state index in [0.29, 0.717) is 16.6 Å². The van der Waals surface area contributed by atoms with Crippen LogP contribution in [-0.2, 0) is 10.2 Å². The minimum absolute atomic E-state index is 0.0765. The summed E-state index contributed by atoms with van der Waals surface area (Å²) >= 11 is 1.42. The van der Waals surface area contributed by atoms with Crippen LogP contribution in [-0.4, -0.2) is 23.2 Å². The Bertz CT molecular complexity index is 927. The van der Waals surface area contributed by atoms with Crippen LogP contribution in [0.4, 0.5) is 5.13 Å². The Morgan fingerprint density at radius 3 is 2.88 bits per heavy atom. The number of thiazole rings is 1. The summed E-state index contributed by atoms with van der Waals surface area (Å²) in [6.45, 7) is 1.90. The van der Waals surface area contributed by atoms with E-state index in [2.05, 4.69) is 15.5 Å². The van der Waals surface area contributed by atoms with E-state index >= 15 is 0 Å². The number of rotatable bonds is 5. The van der Waals surface area contributed by atoms with Crippen LogP contribution >= 0.6 is 11.3 Å². The monoisotopic (exact) mass is 355 g/mol. The van der Waals surface area contributed by atoms with Gasteiger partial charge in [0.15, 0.2) is 10.9 Å². The zero-order valence-corrected chi connectivity index (χ0v) is 14.7. The number of nitrogens with one attached hydrogen (secondary N) is 1. The predicted molar refractivity (Wildman–Crippen MR) is 94.9 cm³/mol. The molecule has 2 aromatic heterocycles.